The average Bonchev–Trinajstić information content (AvgIpc) is 2.14. The van der Waals surface area contributed by atoms with Crippen LogP contribution in [0.1, 0.15) is 11.1 Å². The van der Waals surface area contributed by atoms with Crippen LogP contribution >= 0.6 is 0 Å². The second-order valence-corrected chi connectivity index (χ2v) is 3.73. The zero-order chi connectivity index (χ0) is 11.1. The number of nitrogens with two attached hydrogens (primary N) is 2. The van der Waals surface area contributed by atoms with Crippen molar-refractivity contribution in [3.63, 3.8) is 0 Å². The summed E-state index contributed by atoms with van der Waals surface area (Å²) in [6.45, 7) is 0. The molecular weight excluding hydrogens is 194 g/mol. The first kappa shape index (κ1) is 9.82. The highest BCUT2D eigenvalue weighted by Crippen LogP contribution is 2.28. The Morgan fingerprint density at radius 3 is 2.67 bits per heavy atom. The zero-order valence-electron chi connectivity index (χ0n) is 8.01. The number of hydrogen-bond acceptors (Lipinski definition) is 4. The Balaban J connectivity index is 2.60. The number of hydrogen-bond donors (Lipinski definition) is 2. The van der Waals surface area contributed by atoms with Crippen molar-refractivity contribution in [3.8, 4) is 0 Å². The standard InChI is InChI=1S/C10H11N3O2/c11-10(12)5-7-3-1-2-4-8(7)9(6-10)13(14)15/h1-4,6H,5,11-12H2. The van der Waals surface area contributed by atoms with Crippen LogP contribution in [0.4, 0.5) is 0 Å². The SMILES string of the molecule is NC1(N)C=C([N+](=O)[O-])c2ccccc2C1. The van der Waals surface area contributed by atoms with Crippen LogP contribution in [0, 0.1) is 10.1 Å². The summed E-state index contributed by atoms with van der Waals surface area (Å²) in [6, 6.07) is 7.09. The van der Waals surface area contributed by atoms with Crippen LogP contribution < -0.4 is 11.5 Å². The van der Waals surface area contributed by atoms with Gasteiger partial charge in [-0.3, -0.25) is 10.1 Å². The zero-order valence-corrected chi connectivity index (χ0v) is 8.01. The average molecular weight is 205 g/mol. The third-order valence-corrected chi connectivity index (χ3v) is 2.39. The predicted octanol–water partition coefficient (Wildman–Crippen LogP) is 0.474. The maximum atomic E-state index is 10.8. The van der Waals surface area contributed by atoms with Crippen LogP contribution in [-0.4, -0.2) is 10.6 Å². The molecule has 1 aliphatic carbocycles. The van der Waals surface area contributed by atoms with Gasteiger partial charge in [-0.1, -0.05) is 18.2 Å². The van der Waals surface area contributed by atoms with Gasteiger partial charge in [-0.05, 0) is 11.6 Å². The van der Waals surface area contributed by atoms with E-state index >= 15 is 0 Å². The van der Waals surface area contributed by atoms with E-state index in [2.05, 4.69) is 0 Å². The molecule has 0 unspecified atom stereocenters. The van der Waals surface area contributed by atoms with E-state index in [0.717, 1.165) is 5.56 Å². The Hall–Kier alpha value is -1.72. The van der Waals surface area contributed by atoms with E-state index in [1.54, 1.807) is 18.2 Å². The molecule has 0 heterocycles. The summed E-state index contributed by atoms with van der Waals surface area (Å²) in [7, 11) is 0. The number of fused-ring (bicyclic) bond motifs is 1. The van der Waals surface area contributed by atoms with E-state index < -0.39 is 10.6 Å². The lowest BCUT2D eigenvalue weighted by Gasteiger charge is -2.25. The maximum absolute atomic E-state index is 10.8. The molecule has 1 aromatic rings. The van der Waals surface area contributed by atoms with E-state index in [1.807, 2.05) is 6.07 Å². The van der Waals surface area contributed by atoms with Crippen LogP contribution in [0.3, 0.4) is 0 Å². The van der Waals surface area contributed by atoms with Gasteiger partial charge in [0, 0.05) is 12.5 Å². The van der Waals surface area contributed by atoms with Gasteiger partial charge in [0.15, 0.2) is 0 Å². The molecule has 0 spiro atoms. The third kappa shape index (κ3) is 1.74. The molecule has 1 aliphatic rings. The minimum Gasteiger partial charge on any atom is -0.310 e. The normalized spacial score (nSPS) is 17.9. The molecule has 0 saturated heterocycles. The molecule has 4 N–H and O–H groups in total. The second-order valence-electron chi connectivity index (χ2n) is 3.73. The number of rotatable bonds is 1. The lowest BCUT2D eigenvalue weighted by Crippen LogP contribution is -2.51. The molecular formula is C10H11N3O2. The van der Waals surface area contributed by atoms with Gasteiger partial charge < -0.3 is 11.5 Å². The first-order valence-electron chi connectivity index (χ1n) is 4.53. The summed E-state index contributed by atoms with van der Waals surface area (Å²) in [6.07, 6.45) is 1.73. The van der Waals surface area contributed by atoms with Gasteiger partial charge in [0.2, 0.25) is 0 Å². The van der Waals surface area contributed by atoms with Crippen molar-refractivity contribution in [2.45, 2.75) is 12.1 Å². The van der Waals surface area contributed by atoms with Crippen molar-refractivity contribution < 1.29 is 4.92 Å². The Labute approximate surface area is 86.5 Å². The van der Waals surface area contributed by atoms with Crippen molar-refractivity contribution in [3.05, 3.63) is 51.6 Å². The lowest BCUT2D eigenvalue weighted by molar-refractivity contribution is -0.376. The number of nitro groups is 1. The van der Waals surface area contributed by atoms with Gasteiger partial charge in [-0.25, -0.2) is 0 Å². The Kier molecular flexibility index (Phi) is 2.06. The molecule has 15 heavy (non-hydrogen) atoms. The molecule has 5 nitrogen and oxygen atoms in total. The van der Waals surface area contributed by atoms with E-state index in [9.17, 15) is 10.1 Å². The van der Waals surface area contributed by atoms with Crippen LogP contribution in [0.2, 0.25) is 0 Å². The second kappa shape index (κ2) is 3.15. The quantitative estimate of drug-likeness (QED) is 0.396. The van der Waals surface area contributed by atoms with Crippen molar-refractivity contribution in [1.29, 1.82) is 0 Å². The molecule has 0 atom stereocenters. The molecule has 0 fully saturated rings. The summed E-state index contributed by atoms with van der Waals surface area (Å²) < 4.78 is 0. The summed E-state index contributed by atoms with van der Waals surface area (Å²) >= 11 is 0. The molecule has 2 rings (SSSR count). The minimum absolute atomic E-state index is 0.0122. The smallest absolute Gasteiger partial charge is 0.276 e. The minimum atomic E-state index is -1.13. The van der Waals surface area contributed by atoms with E-state index in [1.165, 1.54) is 6.08 Å². The summed E-state index contributed by atoms with van der Waals surface area (Å²) in [4.78, 5) is 10.4. The highest BCUT2D eigenvalue weighted by atomic mass is 16.6. The Bertz CT molecular complexity index is 452. The van der Waals surface area contributed by atoms with Gasteiger partial charge in [0.25, 0.3) is 5.70 Å². The van der Waals surface area contributed by atoms with Crippen LogP contribution in [0.5, 0.6) is 0 Å². The topological polar surface area (TPSA) is 95.2 Å². The third-order valence-electron chi connectivity index (χ3n) is 2.39. The van der Waals surface area contributed by atoms with Gasteiger partial charge >= 0.3 is 0 Å². The first-order chi connectivity index (χ1) is 6.99. The highest BCUT2D eigenvalue weighted by Gasteiger charge is 2.31. The molecule has 5 heteroatoms. The summed E-state index contributed by atoms with van der Waals surface area (Å²) in [5.41, 5.74) is 11.7. The summed E-state index contributed by atoms with van der Waals surface area (Å²) in [5, 5.41) is 10.8. The summed E-state index contributed by atoms with van der Waals surface area (Å²) in [5.74, 6) is 0. The van der Waals surface area contributed by atoms with Crippen molar-refractivity contribution >= 4 is 5.70 Å². The Morgan fingerprint density at radius 1 is 1.33 bits per heavy atom. The highest BCUT2D eigenvalue weighted by molar-refractivity contribution is 5.66. The fourth-order valence-electron chi connectivity index (χ4n) is 1.79. The van der Waals surface area contributed by atoms with Crippen LogP contribution in [0.25, 0.3) is 5.70 Å². The first-order valence-corrected chi connectivity index (χ1v) is 4.53. The van der Waals surface area contributed by atoms with Gasteiger partial charge in [-0.15, -0.1) is 0 Å². The maximum Gasteiger partial charge on any atom is 0.276 e. The molecule has 1 aromatic carbocycles. The number of benzene rings is 1. The van der Waals surface area contributed by atoms with E-state index in [-0.39, 0.29) is 5.70 Å². The van der Waals surface area contributed by atoms with Crippen molar-refractivity contribution in [1.82, 2.24) is 0 Å². The van der Waals surface area contributed by atoms with E-state index in [0.29, 0.717) is 12.0 Å². The van der Waals surface area contributed by atoms with Crippen molar-refractivity contribution in [2.24, 2.45) is 11.5 Å². The molecule has 0 bridgehead atoms. The fraction of sp³-hybridized carbons (Fsp3) is 0.200. The molecule has 0 aliphatic heterocycles. The predicted molar refractivity (Wildman–Crippen MR) is 56.2 cm³/mol. The molecule has 78 valence electrons. The molecule has 0 amide bonds. The van der Waals surface area contributed by atoms with Crippen LogP contribution in [-0.2, 0) is 6.42 Å². The largest absolute Gasteiger partial charge is 0.310 e. The Morgan fingerprint density at radius 2 is 2.00 bits per heavy atom. The molecule has 0 radical (unpaired) electrons. The number of nitrogens with zero attached hydrogens (tertiary/aromatic N) is 1. The monoisotopic (exact) mass is 205 g/mol. The van der Waals surface area contributed by atoms with Gasteiger partial charge in [0.05, 0.1) is 16.1 Å². The molecule has 0 saturated carbocycles. The molecule has 0 aromatic heterocycles. The van der Waals surface area contributed by atoms with E-state index in [4.69, 9.17) is 11.5 Å². The van der Waals surface area contributed by atoms with Gasteiger partial charge in [-0.2, -0.15) is 0 Å². The van der Waals surface area contributed by atoms with Gasteiger partial charge in [0.1, 0.15) is 0 Å². The lowest BCUT2D eigenvalue weighted by atomic mass is 9.88. The van der Waals surface area contributed by atoms with Crippen LogP contribution in [0.15, 0.2) is 30.3 Å². The fourth-order valence-corrected chi connectivity index (χ4v) is 1.79. The van der Waals surface area contributed by atoms with Crippen molar-refractivity contribution in [2.75, 3.05) is 0 Å².